The van der Waals surface area contributed by atoms with Crippen molar-refractivity contribution in [1.29, 1.82) is 0 Å². The number of nitrogens with zero attached hydrogens (tertiary/aromatic N) is 1. The van der Waals surface area contributed by atoms with E-state index in [0.29, 0.717) is 5.52 Å². The van der Waals surface area contributed by atoms with Gasteiger partial charge in [-0.1, -0.05) is 43.0 Å². The minimum atomic E-state index is -1.15. The molecule has 0 spiro atoms. The van der Waals surface area contributed by atoms with Crippen LogP contribution in [0.3, 0.4) is 0 Å². The number of imidazole rings is 1. The number of rotatable bonds is 3. The summed E-state index contributed by atoms with van der Waals surface area (Å²) in [5, 5.41) is 10.9. The molecule has 0 saturated carbocycles. The zero-order valence-electron chi connectivity index (χ0n) is 11.1. The van der Waals surface area contributed by atoms with E-state index < -0.39 is 6.09 Å². The van der Waals surface area contributed by atoms with Gasteiger partial charge in [-0.25, -0.2) is 9.78 Å². The number of amides is 1. The Morgan fingerprint density at radius 3 is 2.62 bits per heavy atom. The van der Waals surface area contributed by atoms with Crippen LogP contribution in [0.1, 0.15) is 11.1 Å². The zero-order valence-corrected chi connectivity index (χ0v) is 11.1. The van der Waals surface area contributed by atoms with E-state index in [2.05, 4.69) is 21.9 Å². The fraction of sp³-hybridized carbons (Fsp3) is 0. The maximum absolute atomic E-state index is 10.6. The van der Waals surface area contributed by atoms with Crippen LogP contribution in [0.2, 0.25) is 0 Å². The maximum atomic E-state index is 10.6. The van der Waals surface area contributed by atoms with Gasteiger partial charge in [0.25, 0.3) is 0 Å². The summed E-state index contributed by atoms with van der Waals surface area (Å²) in [6.07, 6.45) is -1.15. The van der Waals surface area contributed by atoms with Crippen LogP contribution in [0.4, 0.5) is 10.7 Å². The van der Waals surface area contributed by atoms with Gasteiger partial charge in [0.2, 0.25) is 5.95 Å². The Bertz CT molecular complexity index is 822. The van der Waals surface area contributed by atoms with Crippen LogP contribution < -0.4 is 5.32 Å². The molecule has 0 saturated heterocycles. The van der Waals surface area contributed by atoms with Crippen LogP contribution in [0.25, 0.3) is 16.6 Å². The summed E-state index contributed by atoms with van der Waals surface area (Å²) in [6, 6.07) is 15.5. The fourth-order valence-electron chi connectivity index (χ4n) is 2.16. The SMILES string of the molecule is C=C(c1ccccc1)c1ccc2nc(NC(=O)O)[nH]c2c1. The lowest BCUT2D eigenvalue weighted by Gasteiger charge is -2.05. The summed E-state index contributed by atoms with van der Waals surface area (Å²) in [5.41, 5.74) is 4.36. The predicted octanol–water partition coefficient (Wildman–Crippen LogP) is 3.71. The van der Waals surface area contributed by atoms with Gasteiger partial charge in [0.1, 0.15) is 0 Å². The van der Waals surface area contributed by atoms with E-state index in [1.165, 1.54) is 0 Å². The molecule has 3 aromatic rings. The monoisotopic (exact) mass is 279 g/mol. The molecule has 21 heavy (non-hydrogen) atoms. The van der Waals surface area contributed by atoms with Crippen LogP contribution in [0, 0.1) is 0 Å². The third kappa shape index (κ3) is 2.62. The van der Waals surface area contributed by atoms with E-state index in [1.54, 1.807) is 0 Å². The molecule has 0 aliphatic heterocycles. The second-order valence-electron chi connectivity index (χ2n) is 4.59. The molecular weight excluding hydrogens is 266 g/mol. The summed E-state index contributed by atoms with van der Waals surface area (Å²) < 4.78 is 0. The van der Waals surface area contributed by atoms with Crippen molar-refractivity contribution in [1.82, 2.24) is 9.97 Å². The van der Waals surface area contributed by atoms with Crippen molar-refractivity contribution in [3.8, 4) is 0 Å². The highest BCUT2D eigenvalue weighted by atomic mass is 16.4. The van der Waals surface area contributed by atoms with E-state index in [1.807, 2.05) is 48.5 Å². The number of hydrogen-bond donors (Lipinski definition) is 3. The van der Waals surface area contributed by atoms with Gasteiger partial charge in [0, 0.05) is 0 Å². The number of benzene rings is 2. The summed E-state index contributed by atoms with van der Waals surface area (Å²) >= 11 is 0. The average molecular weight is 279 g/mol. The number of aromatic nitrogens is 2. The lowest BCUT2D eigenvalue weighted by Crippen LogP contribution is -2.08. The number of fused-ring (bicyclic) bond motifs is 1. The summed E-state index contributed by atoms with van der Waals surface area (Å²) in [4.78, 5) is 17.7. The van der Waals surface area contributed by atoms with Crippen molar-refractivity contribution >= 4 is 28.6 Å². The maximum Gasteiger partial charge on any atom is 0.411 e. The van der Waals surface area contributed by atoms with Gasteiger partial charge in [-0.3, -0.25) is 5.32 Å². The van der Waals surface area contributed by atoms with Gasteiger partial charge in [-0.05, 0) is 28.8 Å². The number of H-pyrrole nitrogens is 1. The molecule has 0 atom stereocenters. The molecule has 0 aliphatic rings. The van der Waals surface area contributed by atoms with Gasteiger partial charge in [0.15, 0.2) is 0 Å². The molecule has 1 amide bonds. The van der Waals surface area contributed by atoms with Crippen molar-refractivity contribution in [2.75, 3.05) is 5.32 Å². The molecule has 0 fully saturated rings. The molecule has 2 aromatic carbocycles. The van der Waals surface area contributed by atoms with Crippen molar-refractivity contribution in [3.05, 3.63) is 66.2 Å². The molecule has 1 aromatic heterocycles. The minimum absolute atomic E-state index is 0.208. The van der Waals surface area contributed by atoms with Gasteiger partial charge < -0.3 is 10.1 Å². The van der Waals surface area contributed by atoms with Gasteiger partial charge in [0.05, 0.1) is 11.0 Å². The molecule has 1 heterocycles. The van der Waals surface area contributed by atoms with Crippen LogP contribution >= 0.6 is 0 Å². The Labute approximate surface area is 121 Å². The second kappa shape index (κ2) is 5.13. The summed E-state index contributed by atoms with van der Waals surface area (Å²) in [7, 11) is 0. The molecule has 3 rings (SSSR count). The summed E-state index contributed by atoms with van der Waals surface area (Å²) in [5.74, 6) is 0.208. The van der Waals surface area contributed by atoms with E-state index >= 15 is 0 Å². The van der Waals surface area contributed by atoms with Crippen molar-refractivity contribution in [2.24, 2.45) is 0 Å². The molecular formula is C16H13N3O2. The zero-order chi connectivity index (χ0) is 14.8. The lowest BCUT2D eigenvalue weighted by molar-refractivity contribution is 0.209. The first kappa shape index (κ1) is 12.9. The predicted molar refractivity (Wildman–Crippen MR) is 82.3 cm³/mol. The highest BCUT2D eigenvalue weighted by Gasteiger charge is 2.08. The number of carboxylic acid groups (broad SMARTS) is 1. The quantitative estimate of drug-likeness (QED) is 0.683. The summed E-state index contributed by atoms with van der Waals surface area (Å²) in [6.45, 7) is 4.11. The number of hydrogen-bond acceptors (Lipinski definition) is 2. The van der Waals surface area contributed by atoms with E-state index in [9.17, 15) is 4.79 Å². The third-order valence-corrected chi connectivity index (χ3v) is 3.18. The Morgan fingerprint density at radius 1 is 1.14 bits per heavy atom. The van der Waals surface area contributed by atoms with E-state index in [4.69, 9.17) is 5.11 Å². The highest BCUT2D eigenvalue weighted by molar-refractivity contribution is 5.88. The molecule has 5 heteroatoms. The minimum Gasteiger partial charge on any atom is -0.465 e. The van der Waals surface area contributed by atoms with Crippen molar-refractivity contribution < 1.29 is 9.90 Å². The van der Waals surface area contributed by atoms with E-state index in [-0.39, 0.29) is 5.95 Å². The Balaban J connectivity index is 1.97. The number of aromatic amines is 1. The van der Waals surface area contributed by atoms with Crippen molar-refractivity contribution in [3.63, 3.8) is 0 Å². The molecule has 0 radical (unpaired) electrons. The van der Waals surface area contributed by atoms with Gasteiger partial charge in [-0.2, -0.15) is 0 Å². The number of carbonyl (C=O) groups is 1. The van der Waals surface area contributed by atoms with Crippen LogP contribution in [0.5, 0.6) is 0 Å². The number of nitrogens with one attached hydrogen (secondary N) is 2. The van der Waals surface area contributed by atoms with Crippen LogP contribution in [0.15, 0.2) is 55.1 Å². The molecule has 5 nitrogen and oxygen atoms in total. The van der Waals surface area contributed by atoms with Crippen LogP contribution in [-0.2, 0) is 0 Å². The molecule has 0 bridgehead atoms. The molecule has 0 unspecified atom stereocenters. The first-order chi connectivity index (χ1) is 10.1. The highest BCUT2D eigenvalue weighted by Crippen LogP contribution is 2.24. The Morgan fingerprint density at radius 2 is 1.90 bits per heavy atom. The Hall–Kier alpha value is -3.08. The standard InChI is InChI=1S/C16H13N3O2/c1-10(11-5-3-2-4-6-11)12-7-8-13-14(9-12)18-15(17-13)19-16(20)21/h2-9H,1H2,(H,20,21)(H2,17,18,19). The topological polar surface area (TPSA) is 78.0 Å². The molecule has 3 N–H and O–H groups in total. The van der Waals surface area contributed by atoms with Crippen LogP contribution in [-0.4, -0.2) is 21.2 Å². The molecule has 104 valence electrons. The van der Waals surface area contributed by atoms with Gasteiger partial charge in [-0.15, -0.1) is 0 Å². The fourth-order valence-corrected chi connectivity index (χ4v) is 2.16. The van der Waals surface area contributed by atoms with Crippen molar-refractivity contribution in [2.45, 2.75) is 0 Å². The smallest absolute Gasteiger partial charge is 0.411 e. The second-order valence-corrected chi connectivity index (χ2v) is 4.59. The first-order valence-corrected chi connectivity index (χ1v) is 6.38. The number of anilines is 1. The average Bonchev–Trinajstić information content (AvgIpc) is 2.87. The normalized spacial score (nSPS) is 10.5. The van der Waals surface area contributed by atoms with E-state index in [0.717, 1.165) is 22.2 Å². The largest absolute Gasteiger partial charge is 0.465 e. The first-order valence-electron chi connectivity index (χ1n) is 6.38. The lowest BCUT2D eigenvalue weighted by atomic mass is 9.99. The Kier molecular flexibility index (Phi) is 3.16. The third-order valence-electron chi connectivity index (χ3n) is 3.18. The molecule has 0 aliphatic carbocycles. The van der Waals surface area contributed by atoms with Gasteiger partial charge >= 0.3 is 6.09 Å².